The van der Waals surface area contributed by atoms with Gasteiger partial charge in [0.15, 0.2) is 0 Å². The van der Waals surface area contributed by atoms with Crippen molar-refractivity contribution >= 4 is 23.8 Å². The van der Waals surface area contributed by atoms with Gasteiger partial charge >= 0.3 is 12.0 Å². The van der Waals surface area contributed by atoms with E-state index in [0.29, 0.717) is 13.0 Å². The van der Waals surface area contributed by atoms with Crippen LogP contribution in [0.25, 0.3) is 0 Å². The van der Waals surface area contributed by atoms with Crippen LogP contribution >= 0.6 is 0 Å². The van der Waals surface area contributed by atoms with Crippen molar-refractivity contribution < 1.29 is 24.3 Å². The van der Waals surface area contributed by atoms with E-state index in [0.717, 1.165) is 11.1 Å². The minimum atomic E-state index is -1.05. The summed E-state index contributed by atoms with van der Waals surface area (Å²) in [4.78, 5) is 54.9. The number of aliphatic carboxylic acids is 1. The molecule has 2 fully saturated rings. The van der Waals surface area contributed by atoms with Crippen molar-refractivity contribution in [1.82, 2.24) is 25.1 Å². The molecule has 2 saturated heterocycles. The standard InChI is InChI=1S/C28H33N5O5/c1-2-16-31-20-25(34)32-23(13-14-26(35)36)27(37)30(17-15-21-9-5-3-6-10-21)19-24(32)33(31)28(38)29-18-22-11-7-4-8-12-22/h2-12,23-24H,1,13-20H2,(H,29,38)(H,35,36)/t23-,24?/m0/s1. The molecule has 4 amide bonds. The highest BCUT2D eigenvalue weighted by atomic mass is 16.4. The first-order chi connectivity index (χ1) is 18.4. The van der Waals surface area contributed by atoms with Crippen LogP contribution in [0, 0.1) is 0 Å². The molecule has 0 aliphatic carbocycles. The smallest absolute Gasteiger partial charge is 0.334 e. The van der Waals surface area contributed by atoms with Gasteiger partial charge in [-0.2, -0.15) is 0 Å². The molecule has 10 heteroatoms. The lowest BCUT2D eigenvalue weighted by Crippen LogP contribution is -2.76. The Kier molecular flexibility index (Phi) is 8.75. The van der Waals surface area contributed by atoms with Gasteiger partial charge in [-0.1, -0.05) is 66.7 Å². The number of carbonyl (C=O) groups excluding carboxylic acids is 3. The Morgan fingerprint density at radius 2 is 1.68 bits per heavy atom. The summed E-state index contributed by atoms with van der Waals surface area (Å²) >= 11 is 0. The van der Waals surface area contributed by atoms with Crippen molar-refractivity contribution in [2.24, 2.45) is 0 Å². The van der Waals surface area contributed by atoms with Crippen LogP contribution in [0.4, 0.5) is 4.79 Å². The monoisotopic (exact) mass is 519 g/mol. The van der Waals surface area contributed by atoms with E-state index in [9.17, 15) is 24.3 Å². The number of carboxylic acid groups (broad SMARTS) is 1. The lowest BCUT2D eigenvalue weighted by atomic mass is 10.0. The number of nitrogens with one attached hydrogen (secondary N) is 1. The number of hydrogen-bond acceptors (Lipinski definition) is 5. The second kappa shape index (κ2) is 12.4. The zero-order chi connectivity index (χ0) is 27.1. The molecule has 1 unspecified atom stereocenters. The Morgan fingerprint density at radius 1 is 1.03 bits per heavy atom. The summed E-state index contributed by atoms with van der Waals surface area (Å²) in [6.45, 7) is 4.69. The highest BCUT2D eigenvalue weighted by Gasteiger charge is 2.51. The molecular formula is C28H33N5O5. The summed E-state index contributed by atoms with van der Waals surface area (Å²) in [5, 5.41) is 15.4. The number of fused-ring (bicyclic) bond motifs is 1. The molecule has 2 aromatic carbocycles. The molecule has 200 valence electrons. The Labute approximate surface area is 222 Å². The third kappa shape index (κ3) is 6.20. The summed E-state index contributed by atoms with van der Waals surface area (Å²) in [6.07, 6.45) is 1.13. The van der Waals surface area contributed by atoms with Gasteiger partial charge in [0.25, 0.3) is 0 Å². The summed E-state index contributed by atoms with van der Waals surface area (Å²) in [5.41, 5.74) is 1.97. The summed E-state index contributed by atoms with van der Waals surface area (Å²) in [7, 11) is 0. The van der Waals surface area contributed by atoms with E-state index in [1.807, 2.05) is 60.7 Å². The van der Waals surface area contributed by atoms with Crippen LogP contribution in [-0.4, -0.2) is 87.1 Å². The number of benzene rings is 2. The lowest BCUT2D eigenvalue weighted by molar-refractivity contribution is -0.189. The fourth-order valence-corrected chi connectivity index (χ4v) is 5.00. The maximum absolute atomic E-state index is 13.6. The normalized spacial score (nSPS) is 19.7. The molecule has 2 N–H and O–H groups in total. The predicted octanol–water partition coefficient (Wildman–Crippen LogP) is 2.09. The van der Waals surface area contributed by atoms with Crippen molar-refractivity contribution in [3.05, 3.63) is 84.4 Å². The van der Waals surface area contributed by atoms with Gasteiger partial charge in [-0.05, 0) is 24.0 Å². The highest BCUT2D eigenvalue weighted by Crippen LogP contribution is 2.28. The number of urea groups is 1. The van der Waals surface area contributed by atoms with Gasteiger partial charge in [0, 0.05) is 26.1 Å². The van der Waals surface area contributed by atoms with Gasteiger partial charge in [-0.25, -0.2) is 14.8 Å². The molecule has 2 aliphatic heterocycles. The second-order valence-electron chi connectivity index (χ2n) is 9.37. The maximum atomic E-state index is 13.6. The number of nitrogens with zero attached hydrogens (tertiary/aromatic N) is 4. The van der Waals surface area contributed by atoms with E-state index in [2.05, 4.69) is 11.9 Å². The van der Waals surface area contributed by atoms with Crippen LogP contribution in [0.5, 0.6) is 0 Å². The third-order valence-corrected chi connectivity index (χ3v) is 6.81. The van der Waals surface area contributed by atoms with Crippen molar-refractivity contribution in [2.45, 2.75) is 38.0 Å². The van der Waals surface area contributed by atoms with Crippen LogP contribution in [0.2, 0.25) is 0 Å². The molecule has 4 rings (SSSR count). The number of piperazine rings is 1. The van der Waals surface area contributed by atoms with Gasteiger partial charge in [-0.3, -0.25) is 14.4 Å². The first kappa shape index (κ1) is 26.9. The first-order valence-corrected chi connectivity index (χ1v) is 12.7. The molecule has 2 heterocycles. The van der Waals surface area contributed by atoms with E-state index in [-0.39, 0.29) is 50.8 Å². The van der Waals surface area contributed by atoms with E-state index in [1.54, 1.807) is 16.0 Å². The molecule has 0 spiro atoms. The quantitative estimate of drug-likeness (QED) is 0.465. The largest absolute Gasteiger partial charge is 0.481 e. The molecule has 0 bridgehead atoms. The minimum Gasteiger partial charge on any atom is -0.481 e. The average Bonchev–Trinajstić information content (AvgIpc) is 2.91. The number of rotatable bonds is 10. The topological polar surface area (TPSA) is 114 Å². The Morgan fingerprint density at radius 3 is 2.32 bits per heavy atom. The maximum Gasteiger partial charge on any atom is 0.334 e. The van der Waals surface area contributed by atoms with Crippen LogP contribution in [0.1, 0.15) is 24.0 Å². The highest BCUT2D eigenvalue weighted by molar-refractivity contribution is 5.91. The van der Waals surface area contributed by atoms with Gasteiger partial charge in [0.2, 0.25) is 11.8 Å². The third-order valence-electron chi connectivity index (χ3n) is 6.81. The first-order valence-electron chi connectivity index (χ1n) is 12.7. The van der Waals surface area contributed by atoms with Gasteiger partial charge in [0.05, 0.1) is 13.1 Å². The van der Waals surface area contributed by atoms with Crippen molar-refractivity contribution in [3.8, 4) is 0 Å². The molecule has 2 aliphatic rings. The number of amides is 4. The average molecular weight is 520 g/mol. The lowest BCUT2D eigenvalue weighted by Gasteiger charge is -2.55. The number of hydrogen-bond donors (Lipinski definition) is 2. The Balaban J connectivity index is 1.61. The number of carboxylic acids is 1. The van der Waals surface area contributed by atoms with Crippen LogP contribution in [0.15, 0.2) is 73.3 Å². The summed E-state index contributed by atoms with van der Waals surface area (Å²) < 4.78 is 0. The van der Waals surface area contributed by atoms with Crippen molar-refractivity contribution in [3.63, 3.8) is 0 Å². The Hall–Kier alpha value is -4.18. The van der Waals surface area contributed by atoms with Gasteiger partial charge < -0.3 is 20.2 Å². The van der Waals surface area contributed by atoms with E-state index in [1.165, 1.54) is 9.91 Å². The van der Waals surface area contributed by atoms with Crippen LogP contribution in [-0.2, 0) is 27.3 Å². The molecule has 0 radical (unpaired) electrons. The molecule has 38 heavy (non-hydrogen) atoms. The molecule has 2 aromatic rings. The van der Waals surface area contributed by atoms with Crippen LogP contribution in [0.3, 0.4) is 0 Å². The Bertz CT molecular complexity index is 1160. The van der Waals surface area contributed by atoms with Gasteiger partial charge in [-0.15, -0.1) is 6.58 Å². The van der Waals surface area contributed by atoms with E-state index in [4.69, 9.17) is 0 Å². The van der Waals surface area contributed by atoms with Crippen LogP contribution < -0.4 is 5.32 Å². The fraction of sp³-hybridized carbons (Fsp3) is 0.357. The molecular weight excluding hydrogens is 486 g/mol. The van der Waals surface area contributed by atoms with Crippen molar-refractivity contribution in [2.75, 3.05) is 26.2 Å². The zero-order valence-electron chi connectivity index (χ0n) is 21.2. The van der Waals surface area contributed by atoms with Gasteiger partial charge in [0.1, 0.15) is 12.2 Å². The summed E-state index contributed by atoms with van der Waals surface area (Å²) in [5.74, 6) is -1.67. The minimum absolute atomic E-state index is 0.0286. The number of hydrazine groups is 1. The van der Waals surface area contributed by atoms with E-state index >= 15 is 0 Å². The zero-order valence-corrected chi connectivity index (χ0v) is 21.2. The van der Waals surface area contributed by atoms with Crippen molar-refractivity contribution in [1.29, 1.82) is 0 Å². The number of carbonyl (C=O) groups is 4. The molecule has 0 saturated carbocycles. The summed E-state index contributed by atoms with van der Waals surface area (Å²) in [6, 6.07) is 17.8. The fourth-order valence-electron chi connectivity index (χ4n) is 5.00. The predicted molar refractivity (Wildman–Crippen MR) is 140 cm³/mol. The second-order valence-corrected chi connectivity index (χ2v) is 9.37. The molecule has 10 nitrogen and oxygen atoms in total. The van der Waals surface area contributed by atoms with E-state index < -0.39 is 24.2 Å². The molecule has 0 aromatic heterocycles. The SMILES string of the molecule is C=CCN1CC(=O)N2C(CN(CCc3ccccc3)C(=O)[C@@H]2CCC(=O)O)N1C(=O)NCc1ccccc1. The molecule has 2 atom stereocenters.